The van der Waals surface area contributed by atoms with Gasteiger partial charge < -0.3 is 4.90 Å². The molecular weight excluding hydrogens is 333 g/mol. The molecule has 0 spiro atoms. The monoisotopic (exact) mass is 349 g/mol. The summed E-state index contributed by atoms with van der Waals surface area (Å²) in [7, 11) is 0. The smallest absolute Gasteiger partial charge is 0.254 e. The molecule has 0 aliphatic heterocycles. The van der Waals surface area contributed by atoms with Crippen LogP contribution in [-0.4, -0.2) is 17.4 Å². The Bertz CT molecular complexity index is 657. The van der Waals surface area contributed by atoms with E-state index in [1.54, 1.807) is 4.90 Å². The van der Waals surface area contributed by atoms with Crippen LogP contribution >= 0.6 is 15.9 Å². The number of aryl methyl sites for hydroxylation is 1. The molecule has 2 rings (SSSR count). The van der Waals surface area contributed by atoms with Crippen LogP contribution < -0.4 is 0 Å². The lowest BCUT2D eigenvalue weighted by molar-refractivity contribution is 0.0752. The van der Waals surface area contributed by atoms with E-state index in [0.717, 1.165) is 5.56 Å². The average Bonchev–Trinajstić information content (AvgIpc) is 2.47. The molecule has 4 heteroatoms. The van der Waals surface area contributed by atoms with Crippen LogP contribution in [-0.2, 0) is 6.54 Å². The zero-order chi connectivity index (χ0) is 15.4. The fourth-order valence-electron chi connectivity index (χ4n) is 2.17. The molecule has 2 aromatic carbocycles. The second kappa shape index (κ2) is 6.85. The first-order valence-corrected chi connectivity index (χ1v) is 7.60. The summed E-state index contributed by atoms with van der Waals surface area (Å²) in [5.41, 5.74) is 2.74. The lowest BCUT2D eigenvalue weighted by atomic mass is 10.1. The Morgan fingerprint density at radius 2 is 2.00 bits per heavy atom. The third-order valence-corrected chi connectivity index (χ3v) is 3.90. The van der Waals surface area contributed by atoms with Gasteiger partial charge in [0.15, 0.2) is 0 Å². The van der Waals surface area contributed by atoms with E-state index in [1.807, 2.05) is 32.0 Å². The van der Waals surface area contributed by atoms with Crippen molar-refractivity contribution in [2.75, 3.05) is 6.54 Å². The summed E-state index contributed by atoms with van der Waals surface area (Å²) in [6.07, 6.45) is 0. The number of halogens is 2. The number of carbonyl (C=O) groups excluding carboxylic acids is 1. The van der Waals surface area contributed by atoms with Gasteiger partial charge in [-0.25, -0.2) is 4.39 Å². The number of amides is 1. The van der Waals surface area contributed by atoms with Crippen LogP contribution in [0.5, 0.6) is 0 Å². The molecule has 0 aromatic heterocycles. The van der Waals surface area contributed by atoms with Gasteiger partial charge in [-0.1, -0.05) is 29.8 Å². The van der Waals surface area contributed by atoms with Gasteiger partial charge in [0.1, 0.15) is 5.82 Å². The number of benzene rings is 2. The Kier molecular flexibility index (Phi) is 5.12. The Balaban J connectivity index is 2.20. The minimum Gasteiger partial charge on any atom is -0.335 e. The molecule has 0 atom stereocenters. The molecule has 21 heavy (non-hydrogen) atoms. The largest absolute Gasteiger partial charge is 0.335 e. The molecule has 2 nitrogen and oxygen atoms in total. The zero-order valence-corrected chi connectivity index (χ0v) is 13.7. The number of hydrogen-bond donors (Lipinski definition) is 0. The Hall–Kier alpha value is -1.68. The van der Waals surface area contributed by atoms with E-state index in [9.17, 15) is 9.18 Å². The fourth-order valence-corrected chi connectivity index (χ4v) is 2.55. The first kappa shape index (κ1) is 15.7. The number of nitrogens with zero attached hydrogens (tertiary/aromatic N) is 1. The Morgan fingerprint density at radius 1 is 1.24 bits per heavy atom. The van der Waals surface area contributed by atoms with Crippen LogP contribution in [0.25, 0.3) is 0 Å². The lowest BCUT2D eigenvalue weighted by Crippen LogP contribution is -2.30. The maximum atomic E-state index is 13.3. The highest BCUT2D eigenvalue weighted by Gasteiger charge is 2.15. The average molecular weight is 350 g/mol. The molecule has 0 saturated carbocycles. The molecule has 0 N–H and O–H groups in total. The third-order valence-electron chi connectivity index (χ3n) is 3.29. The zero-order valence-electron chi connectivity index (χ0n) is 12.1. The van der Waals surface area contributed by atoms with E-state index in [-0.39, 0.29) is 11.7 Å². The Labute approximate surface area is 132 Å². The van der Waals surface area contributed by atoms with Gasteiger partial charge in [0.2, 0.25) is 0 Å². The van der Waals surface area contributed by atoms with Gasteiger partial charge >= 0.3 is 0 Å². The minimum atomic E-state index is -0.367. The summed E-state index contributed by atoms with van der Waals surface area (Å²) in [5, 5.41) is 0. The van der Waals surface area contributed by atoms with Gasteiger partial charge in [-0.2, -0.15) is 0 Å². The van der Waals surface area contributed by atoms with E-state index in [0.29, 0.717) is 23.1 Å². The van der Waals surface area contributed by atoms with E-state index in [2.05, 4.69) is 22.0 Å². The maximum Gasteiger partial charge on any atom is 0.254 e. The standard InChI is InChI=1S/C17H17BrFNO/c1-3-20(11-13-6-4-5-12(2)9-13)17(21)14-7-8-16(19)15(18)10-14/h4-10H,3,11H2,1-2H3. The van der Waals surface area contributed by atoms with E-state index in [1.165, 1.54) is 23.8 Å². The van der Waals surface area contributed by atoms with Gasteiger partial charge in [-0.3, -0.25) is 4.79 Å². The summed E-state index contributed by atoms with van der Waals surface area (Å²) in [4.78, 5) is 14.3. The van der Waals surface area contributed by atoms with Gasteiger partial charge in [0.25, 0.3) is 5.91 Å². The summed E-state index contributed by atoms with van der Waals surface area (Å²) in [5.74, 6) is -0.465. The first-order valence-electron chi connectivity index (χ1n) is 6.81. The predicted octanol–water partition coefficient (Wildman–Crippen LogP) is 4.56. The van der Waals surface area contributed by atoms with Gasteiger partial charge in [-0.05, 0) is 53.5 Å². The van der Waals surface area contributed by atoms with Crippen LogP contribution in [0.3, 0.4) is 0 Å². The van der Waals surface area contributed by atoms with Crippen molar-refractivity contribution < 1.29 is 9.18 Å². The van der Waals surface area contributed by atoms with Crippen molar-refractivity contribution in [3.8, 4) is 0 Å². The van der Waals surface area contributed by atoms with Crippen LogP contribution in [0.2, 0.25) is 0 Å². The van der Waals surface area contributed by atoms with Crippen molar-refractivity contribution in [1.29, 1.82) is 0 Å². The fraction of sp³-hybridized carbons (Fsp3) is 0.235. The quantitative estimate of drug-likeness (QED) is 0.792. The molecular formula is C17H17BrFNO. The highest BCUT2D eigenvalue weighted by atomic mass is 79.9. The van der Waals surface area contributed by atoms with Crippen LogP contribution in [0, 0.1) is 12.7 Å². The molecule has 0 aliphatic carbocycles. The molecule has 0 unspecified atom stereocenters. The molecule has 2 aromatic rings. The second-order valence-corrected chi connectivity index (χ2v) is 5.79. The summed E-state index contributed by atoms with van der Waals surface area (Å²) in [6, 6.07) is 12.4. The summed E-state index contributed by atoms with van der Waals surface area (Å²) in [6.45, 7) is 5.11. The minimum absolute atomic E-state index is 0.0975. The molecule has 0 fully saturated rings. The number of rotatable bonds is 4. The van der Waals surface area contributed by atoms with Gasteiger partial charge in [-0.15, -0.1) is 0 Å². The van der Waals surface area contributed by atoms with Crippen LogP contribution in [0.4, 0.5) is 4.39 Å². The summed E-state index contributed by atoms with van der Waals surface area (Å²) < 4.78 is 13.6. The van der Waals surface area contributed by atoms with Crippen LogP contribution in [0.1, 0.15) is 28.4 Å². The van der Waals surface area contributed by atoms with Crippen molar-refractivity contribution >= 4 is 21.8 Å². The van der Waals surface area contributed by atoms with E-state index >= 15 is 0 Å². The van der Waals surface area contributed by atoms with Crippen molar-refractivity contribution in [2.45, 2.75) is 20.4 Å². The number of carbonyl (C=O) groups is 1. The van der Waals surface area contributed by atoms with Crippen LogP contribution in [0.15, 0.2) is 46.9 Å². The summed E-state index contributed by atoms with van der Waals surface area (Å²) >= 11 is 3.12. The highest BCUT2D eigenvalue weighted by molar-refractivity contribution is 9.10. The predicted molar refractivity (Wildman–Crippen MR) is 85.7 cm³/mol. The maximum absolute atomic E-state index is 13.3. The van der Waals surface area contributed by atoms with E-state index in [4.69, 9.17) is 0 Å². The molecule has 110 valence electrons. The van der Waals surface area contributed by atoms with Crippen molar-refractivity contribution in [1.82, 2.24) is 4.90 Å². The van der Waals surface area contributed by atoms with Crippen molar-refractivity contribution in [3.63, 3.8) is 0 Å². The molecule has 0 saturated heterocycles. The normalized spacial score (nSPS) is 10.5. The molecule has 0 bridgehead atoms. The highest BCUT2D eigenvalue weighted by Crippen LogP contribution is 2.19. The molecule has 0 radical (unpaired) electrons. The SMILES string of the molecule is CCN(Cc1cccc(C)c1)C(=O)c1ccc(F)c(Br)c1. The molecule has 0 heterocycles. The van der Waals surface area contributed by atoms with E-state index < -0.39 is 0 Å². The molecule has 0 aliphatic rings. The number of hydrogen-bond acceptors (Lipinski definition) is 1. The lowest BCUT2D eigenvalue weighted by Gasteiger charge is -2.21. The first-order chi connectivity index (χ1) is 10.0. The molecule has 1 amide bonds. The van der Waals surface area contributed by atoms with Gasteiger partial charge in [0, 0.05) is 18.7 Å². The Morgan fingerprint density at radius 3 is 2.62 bits per heavy atom. The van der Waals surface area contributed by atoms with Crippen molar-refractivity contribution in [2.24, 2.45) is 0 Å². The third kappa shape index (κ3) is 3.91. The topological polar surface area (TPSA) is 20.3 Å². The second-order valence-electron chi connectivity index (χ2n) is 4.94. The van der Waals surface area contributed by atoms with Gasteiger partial charge in [0.05, 0.1) is 4.47 Å². The van der Waals surface area contributed by atoms with Crippen molar-refractivity contribution in [3.05, 3.63) is 69.4 Å².